The monoisotopic (exact) mass is 266 g/mol. The summed E-state index contributed by atoms with van der Waals surface area (Å²) < 4.78 is 5.48. The average molecular weight is 266 g/mol. The van der Waals surface area contributed by atoms with Crippen molar-refractivity contribution in [2.24, 2.45) is 10.8 Å². The fraction of sp³-hybridized carbons (Fsp3) is 0.824. The lowest BCUT2D eigenvalue weighted by molar-refractivity contribution is -0.127. The van der Waals surface area contributed by atoms with Gasteiger partial charge in [0.25, 0.3) is 0 Å². The van der Waals surface area contributed by atoms with Crippen LogP contribution in [0.5, 0.6) is 0 Å². The fourth-order valence-electron chi connectivity index (χ4n) is 1.39. The zero-order chi connectivity index (χ0) is 14.9. The quantitative estimate of drug-likeness (QED) is 0.509. The van der Waals surface area contributed by atoms with Crippen LogP contribution in [0.1, 0.15) is 67.2 Å². The van der Waals surface area contributed by atoms with Crippen LogP contribution in [0.15, 0.2) is 0 Å². The third-order valence-corrected chi connectivity index (χ3v) is 2.61. The van der Waals surface area contributed by atoms with Crippen molar-refractivity contribution < 1.29 is 9.53 Å². The molecule has 0 aromatic heterocycles. The number of hydrogen-bond donors (Lipinski definition) is 0. The van der Waals surface area contributed by atoms with E-state index in [0.717, 1.165) is 25.9 Å². The molecule has 0 bridgehead atoms. The number of carbonyl (C=O) groups is 1. The van der Waals surface area contributed by atoms with Gasteiger partial charge in [-0.15, -0.1) is 5.92 Å². The molecule has 0 aliphatic rings. The van der Waals surface area contributed by atoms with Crippen molar-refractivity contribution >= 4 is 5.78 Å². The lowest BCUT2D eigenvalue weighted by atomic mass is 9.89. The molecule has 19 heavy (non-hydrogen) atoms. The van der Waals surface area contributed by atoms with Crippen LogP contribution in [-0.4, -0.2) is 19.0 Å². The number of unbranched alkanes of at least 4 members (excludes halogenated alkanes) is 2. The van der Waals surface area contributed by atoms with Crippen molar-refractivity contribution in [2.45, 2.75) is 67.2 Å². The van der Waals surface area contributed by atoms with Crippen LogP contribution in [0.2, 0.25) is 0 Å². The lowest BCUT2D eigenvalue weighted by Crippen LogP contribution is -2.21. The summed E-state index contributed by atoms with van der Waals surface area (Å²) in [5.74, 6) is 6.68. The second-order valence-electron chi connectivity index (χ2n) is 7.04. The van der Waals surface area contributed by atoms with Crippen molar-refractivity contribution in [1.29, 1.82) is 0 Å². The van der Waals surface area contributed by atoms with Crippen LogP contribution in [0.25, 0.3) is 0 Å². The van der Waals surface area contributed by atoms with Gasteiger partial charge >= 0.3 is 0 Å². The molecule has 0 aromatic carbocycles. The third kappa shape index (κ3) is 12.0. The van der Waals surface area contributed by atoms with Crippen LogP contribution in [0, 0.1) is 22.7 Å². The molecule has 0 amide bonds. The van der Waals surface area contributed by atoms with E-state index in [4.69, 9.17) is 4.74 Å². The first-order chi connectivity index (χ1) is 8.63. The molecule has 2 heteroatoms. The highest BCUT2D eigenvalue weighted by molar-refractivity contribution is 5.83. The Balaban J connectivity index is 3.47. The van der Waals surface area contributed by atoms with Crippen LogP contribution < -0.4 is 0 Å². The summed E-state index contributed by atoms with van der Waals surface area (Å²) in [6.07, 6.45) is 3.54. The fourth-order valence-corrected chi connectivity index (χ4v) is 1.39. The van der Waals surface area contributed by atoms with Crippen molar-refractivity contribution in [3.8, 4) is 11.8 Å². The SMILES string of the molecule is CC(C)(C)C#CCCCCOCCC(=O)C(C)(C)C. The van der Waals surface area contributed by atoms with Gasteiger partial charge in [-0.05, 0) is 33.6 Å². The predicted molar refractivity (Wildman–Crippen MR) is 81.0 cm³/mol. The molecule has 2 nitrogen and oxygen atoms in total. The van der Waals surface area contributed by atoms with E-state index in [2.05, 4.69) is 32.6 Å². The molecular formula is C17H30O2. The molecule has 0 rings (SSSR count). The van der Waals surface area contributed by atoms with Gasteiger partial charge in [-0.3, -0.25) is 4.79 Å². The van der Waals surface area contributed by atoms with E-state index in [1.807, 2.05) is 20.8 Å². The Morgan fingerprint density at radius 1 is 1.00 bits per heavy atom. The summed E-state index contributed by atoms with van der Waals surface area (Å²) in [4.78, 5) is 11.6. The molecule has 0 heterocycles. The maximum atomic E-state index is 11.6. The molecular weight excluding hydrogens is 236 g/mol. The second kappa shape index (κ2) is 8.38. The molecule has 0 spiro atoms. The Labute approximate surface area is 119 Å². The molecule has 0 unspecified atom stereocenters. The van der Waals surface area contributed by atoms with E-state index < -0.39 is 0 Å². The second-order valence-corrected chi connectivity index (χ2v) is 7.04. The number of ketones is 1. The van der Waals surface area contributed by atoms with E-state index >= 15 is 0 Å². The molecule has 0 fully saturated rings. The molecule has 0 N–H and O–H groups in total. The van der Waals surface area contributed by atoms with Gasteiger partial charge in [0.15, 0.2) is 0 Å². The normalized spacial score (nSPS) is 11.9. The molecule has 0 saturated heterocycles. The maximum Gasteiger partial charge on any atom is 0.140 e. The third-order valence-electron chi connectivity index (χ3n) is 2.61. The minimum atomic E-state index is -0.244. The molecule has 0 saturated carbocycles. The number of carbonyl (C=O) groups excluding carboxylic acids is 1. The molecule has 0 aliphatic heterocycles. The molecule has 0 aromatic rings. The van der Waals surface area contributed by atoms with Gasteiger partial charge in [-0.1, -0.05) is 26.7 Å². The van der Waals surface area contributed by atoms with Crippen molar-refractivity contribution in [3.05, 3.63) is 0 Å². The Bertz CT molecular complexity index is 318. The van der Waals surface area contributed by atoms with Gasteiger partial charge in [-0.2, -0.15) is 0 Å². The standard InChI is InChI=1S/C17H30O2/c1-16(2,3)12-9-7-8-10-13-19-14-11-15(18)17(4,5)6/h7-8,10-11,13-14H2,1-6H3. The van der Waals surface area contributed by atoms with E-state index in [-0.39, 0.29) is 16.6 Å². The van der Waals surface area contributed by atoms with Crippen molar-refractivity contribution in [1.82, 2.24) is 0 Å². The summed E-state index contributed by atoms with van der Waals surface area (Å²) in [6, 6.07) is 0. The first kappa shape index (κ1) is 18.2. The molecule has 110 valence electrons. The zero-order valence-corrected chi connectivity index (χ0v) is 13.6. The van der Waals surface area contributed by atoms with E-state index in [9.17, 15) is 4.79 Å². The van der Waals surface area contributed by atoms with Gasteiger partial charge in [0.1, 0.15) is 5.78 Å². The van der Waals surface area contributed by atoms with E-state index in [1.165, 1.54) is 0 Å². The van der Waals surface area contributed by atoms with Crippen LogP contribution in [0.4, 0.5) is 0 Å². The highest BCUT2D eigenvalue weighted by Crippen LogP contribution is 2.16. The molecule has 0 atom stereocenters. The molecule has 0 aliphatic carbocycles. The first-order valence-electron chi connectivity index (χ1n) is 7.24. The van der Waals surface area contributed by atoms with Gasteiger partial charge in [0.05, 0.1) is 6.61 Å². The summed E-state index contributed by atoms with van der Waals surface area (Å²) in [6.45, 7) is 13.5. The number of ether oxygens (including phenoxy) is 1. The smallest absolute Gasteiger partial charge is 0.140 e. The highest BCUT2D eigenvalue weighted by atomic mass is 16.5. The number of Topliss-reactive ketones (excluding diaryl/α,β-unsaturated/α-hetero) is 1. The average Bonchev–Trinajstić information content (AvgIpc) is 2.23. The van der Waals surface area contributed by atoms with Gasteiger partial charge in [0, 0.05) is 30.3 Å². The van der Waals surface area contributed by atoms with Gasteiger partial charge < -0.3 is 4.74 Å². The first-order valence-corrected chi connectivity index (χ1v) is 7.24. The van der Waals surface area contributed by atoms with Crippen molar-refractivity contribution in [2.75, 3.05) is 13.2 Å². The van der Waals surface area contributed by atoms with Crippen LogP contribution >= 0.6 is 0 Å². The Morgan fingerprint density at radius 3 is 2.16 bits per heavy atom. The predicted octanol–water partition coefficient (Wildman–Crippen LogP) is 4.23. The topological polar surface area (TPSA) is 26.3 Å². The summed E-state index contributed by atoms with van der Waals surface area (Å²) in [5, 5.41) is 0. The Morgan fingerprint density at radius 2 is 1.63 bits per heavy atom. The lowest BCUT2D eigenvalue weighted by Gasteiger charge is -2.16. The van der Waals surface area contributed by atoms with Crippen LogP contribution in [-0.2, 0) is 9.53 Å². The number of rotatable bonds is 7. The summed E-state index contributed by atoms with van der Waals surface area (Å²) in [7, 11) is 0. The van der Waals surface area contributed by atoms with E-state index in [0.29, 0.717) is 13.0 Å². The van der Waals surface area contributed by atoms with Gasteiger partial charge in [0.2, 0.25) is 0 Å². The minimum absolute atomic E-state index is 0.101. The van der Waals surface area contributed by atoms with Crippen LogP contribution in [0.3, 0.4) is 0 Å². The van der Waals surface area contributed by atoms with Gasteiger partial charge in [-0.25, -0.2) is 0 Å². The molecule has 0 radical (unpaired) electrons. The highest BCUT2D eigenvalue weighted by Gasteiger charge is 2.20. The summed E-state index contributed by atoms with van der Waals surface area (Å²) >= 11 is 0. The Kier molecular flexibility index (Phi) is 8.02. The number of hydrogen-bond acceptors (Lipinski definition) is 2. The maximum absolute atomic E-state index is 11.6. The zero-order valence-electron chi connectivity index (χ0n) is 13.6. The minimum Gasteiger partial charge on any atom is -0.381 e. The van der Waals surface area contributed by atoms with Crippen molar-refractivity contribution in [3.63, 3.8) is 0 Å². The Hall–Kier alpha value is -0.810. The largest absolute Gasteiger partial charge is 0.381 e. The van der Waals surface area contributed by atoms with E-state index in [1.54, 1.807) is 0 Å². The summed E-state index contributed by atoms with van der Waals surface area (Å²) in [5.41, 5.74) is -0.143.